The molecule has 0 spiro atoms. The topological polar surface area (TPSA) is 82.3 Å². The van der Waals surface area contributed by atoms with Gasteiger partial charge in [-0.1, -0.05) is 38.1 Å². The highest BCUT2D eigenvalue weighted by Gasteiger charge is 2.34. The zero-order chi connectivity index (χ0) is 19.9. The van der Waals surface area contributed by atoms with Gasteiger partial charge in [0.1, 0.15) is 10.3 Å². The molecule has 2 N–H and O–H groups in total. The number of hydrogen-bond acceptors (Lipinski definition) is 4. The first-order valence-corrected chi connectivity index (χ1v) is 11.7. The molecule has 3 heterocycles. The predicted octanol–water partition coefficient (Wildman–Crippen LogP) is 3.12. The number of carbonyl (C=O) groups is 1. The lowest BCUT2D eigenvalue weighted by Crippen LogP contribution is -2.52. The van der Waals surface area contributed by atoms with Gasteiger partial charge < -0.3 is 9.88 Å². The number of nitrogens with one attached hydrogen (secondary N) is 2. The van der Waals surface area contributed by atoms with E-state index in [1.807, 2.05) is 32.0 Å². The SMILES string of the molecule is CC(C)[C@H](NS(=O)(=O)c1cccs1)C(=O)N1CCc2[nH]c3ccccc3c2C1. The number of thiophene rings is 1. The highest BCUT2D eigenvalue weighted by Crippen LogP contribution is 2.28. The van der Waals surface area contributed by atoms with Gasteiger partial charge in [0.05, 0.1) is 0 Å². The molecule has 2 aromatic heterocycles. The molecule has 0 saturated heterocycles. The van der Waals surface area contributed by atoms with E-state index in [0.29, 0.717) is 13.1 Å². The molecule has 3 aromatic rings. The Kier molecular flexibility index (Phi) is 5.03. The third-order valence-electron chi connectivity index (χ3n) is 5.17. The largest absolute Gasteiger partial charge is 0.358 e. The third-order valence-corrected chi connectivity index (χ3v) is 8.01. The lowest BCUT2D eigenvalue weighted by atomic mass is 10.0. The van der Waals surface area contributed by atoms with Gasteiger partial charge in [-0.25, -0.2) is 8.42 Å². The molecule has 0 fully saturated rings. The fraction of sp³-hybridized carbons (Fsp3) is 0.350. The minimum absolute atomic E-state index is 0.161. The maximum atomic E-state index is 13.2. The van der Waals surface area contributed by atoms with E-state index in [9.17, 15) is 13.2 Å². The summed E-state index contributed by atoms with van der Waals surface area (Å²) in [5.41, 5.74) is 3.35. The molecule has 0 radical (unpaired) electrons. The molecule has 0 unspecified atom stereocenters. The van der Waals surface area contributed by atoms with Crippen molar-refractivity contribution in [2.24, 2.45) is 5.92 Å². The molecular formula is C20H23N3O3S2. The number of nitrogens with zero attached hydrogens (tertiary/aromatic N) is 1. The van der Waals surface area contributed by atoms with Crippen LogP contribution in [0.2, 0.25) is 0 Å². The summed E-state index contributed by atoms with van der Waals surface area (Å²) in [6.07, 6.45) is 0.734. The standard InChI is InChI=1S/C20H23N3O3S2/c1-13(2)19(22-28(25,26)18-8-5-11-27-18)20(24)23-10-9-17-15(12-23)14-6-3-4-7-16(14)21-17/h3-8,11,13,19,21-22H,9-10,12H2,1-2H3/t19-/m0/s1. The van der Waals surface area contributed by atoms with Crippen LogP contribution in [0.25, 0.3) is 10.9 Å². The summed E-state index contributed by atoms with van der Waals surface area (Å²) in [6, 6.07) is 10.5. The van der Waals surface area contributed by atoms with Crippen LogP contribution in [0.5, 0.6) is 0 Å². The number of hydrogen-bond donors (Lipinski definition) is 2. The van der Waals surface area contributed by atoms with Crippen molar-refractivity contribution in [2.45, 2.75) is 37.1 Å². The summed E-state index contributed by atoms with van der Waals surface area (Å²) in [5.74, 6) is -0.335. The number of fused-ring (bicyclic) bond motifs is 3. The van der Waals surface area contributed by atoms with E-state index in [1.54, 1.807) is 22.4 Å². The summed E-state index contributed by atoms with van der Waals surface area (Å²) in [5, 5.41) is 2.83. The molecule has 6 nitrogen and oxygen atoms in total. The minimum Gasteiger partial charge on any atom is -0.358 e. The van der Waals surface area contributed by atoms with Crippen LogP contribution in [0.3, 0.4) is 0 Å². The number of sulfonamides is 1. The smallest absolute Gasteiger partial charge is 0.250 e. The maximum absolute atomic E-state index is 13.2. The summed E-state index contributed by atoms with van der Waals surface area (Å²) in [6.45, 7) is 4.78. The summed E-state index contributed by atoms with van der Waals surface area (Å²) >= 11 is 1.14. The van der Waals surface area contributed by atoms with Crippen molar-refractivity contribution in [3.05, 3.63) is 53.0 Å². The number of carbonyl (C=O) groups excluding carboxylic acids is 1. The first-order chi connectivity index (χ1) is 13.4. The molecule has 1 amide bonds. The molecule has 1 aromatic carbocycles. The van der Waals surface area contributed by atoms with Crippen LogP contribution in [-0.4, -0.2) is 36.8 Å². The zero-order valence-electron chi connectivity index (χ0n) is 15.8. The Morgan fingerprint density at radius 1 is 1.21 bits per heavy atom. The van der Waals surface area contributed by atoms with E-state index in [2.05, 4.69) is 15.8 Å². The van der Waals surface area contributed by atoms with Crippen molar-refractivity contribution in [1.82, 2.24) is 14.6 Å². The Morgan fingerprint density at radius 2 is 2.00 bits per heavy atom. The summed E-state index contributed by atoms with van der Waals surface area (Å²) < 4.78 is 28.2. The second-order valence-corrected chi connectivity index (χ2v) is 10.3. The fourth-order valence-corrected chi connectivity index (χ4v) is 6.01. The van der Waals surface area contributed by atoms with E-state index in [4.69, 9.17) is 0 Å². The molecule has 4 rings (SSSR count). The van der Waals surface area contributed by atoms with Crippen LogP contribution >= 0.6 is 11.3 Å². The molecule has 0 aliphatic carbocycles. The first-order valence-electron chi connectivity index (χ1n) is 9.30. The van der Waals surface area contributed by atoms with Gasteiger partial charge >= 0.3 is 0 Å². The molecule has 28 heavy (non-hydrogen) atoms. The Hall–Kier alpha value is -2.16. The van der Waals surface area contributed by atoms with Crippen LogP contribution in [0.4, 0.5) is 0 Å². The van der Waals surface area contributed by atoms with Crippen molar-refractivity contribution < 1.29 is 13.2 Å². The highest BCUT2D eigenvalue weighted by atomic mass is 32.2. The highest BCUT2D eigenvalue weighted by molar-refractivity contribution is 7.91. The molecule has 0 bridgehead atoms. The molecule has 1 atom stereocenters. The number of rotatable bonds is 5. The zero-order valence-corrected chi connectivity index (χ0v) is 17.4. The minimum atomic E-state index is -3.71. The molecule has 1 aliphatic rings. The summed E-state index contributed by atoms with van der Waals surface area (Å²) in [4.78, 5) is 18.5. The first kappa shape index (κ1) is 19.2. The second-order valence-electron chi connectivity index (χ2n) is 7.41. The second kappa shape index (κ2) is 7.35. The van der Waals surface area contributed by atoms with Crippen LogP contribution in [0, 0.1) is 5.92 Å². The average molecular weight is 418 g/mol. The average Bonchev–Trinajstić information content (AvgIpc) is 3.33. The van der Waals surface area contributed by atoms with Crippen LogP contribution in [0.15, 0.2) is 46.0 Å². The Balaban J connectivity index is 1.58. The predicted molar refractivity (Wildman–Crippen MR) is 111 cm³/mol. The van der Waals surface area contributed by atoms with E-state index < -0.39 is 16.1 Å². The van der Waals surface area contributed by atoms with Crippen LogP contribution < -0.4 is 4.72 Å². The van der Waals surface area contributed by atoms with Gasteiger partial charge in [-0.05, 0) is 23.4 Å². The normalized spacial score (nSPS) is 15.8. The number of aromatic nitrogens is 1. The number of benzene rings is 1. The fourth-order valence-electron chi connectivity index (χ4n) is 3.66. The van der Waals surface area contributed by atoms with Crippen LogP contribution in [0.1, 0.15) is 25.1 Å². The van der Waals surface area contributed by atoms with Crippen molar-refractivity contribution in [3.63, 3.8) is 0 Å². The van der Waals surface area contributed by atoms with Gasteiger partial charge in [0, 0.05) is 41.7 Å². The number of amides is 1. The molecule has 148 valence electrons. The van der Waals surface area contributed by atoms with E-state index >= 15 is 0 Å². The molecule has 0 saturated carbocycles. The van der Waals surface area contributed by atoms with Gasteiger partial charge in [0.15, 0.2) is 0 Å². The van der Waals surface area contributed by atoms with Crippen molar-refractivity contribution in [1.29, 1.82) is 0 Å². The Labute approximate surface area is 168 Å². The Bertz CT molecular complexity index is 1100. The van der Waals surface area contributed by atoms with Crippen molar-refractivity contribution >= 4 is 38.2 Å². The van der Waals surface area contributed by atoms with Gasteiger partial charge in [-0.15, -0.1) is 11.3 Å². The van der Waals surface area contributed by atoms with Gasteiger partial charge in [0.25, 0.3) is 10.0 Å². The molecular weight excluding hydrogens is 394 g/mol. The number of H-pyrrole nitrogens is 1. The third kappa shape index (κ3) is 3.47. The monoisotopic (exact) mass is 417 g/mol. The van der Waals surface area contributed by atoms with E-state index in [-0.39, 0.29) is 16.0 Å². The Morgan fingerprint density at radius 3 is 2.71 bits per heavy atom. The van der Waals surface area contributed by atoms with Gasteiger partial charge in [-0.2, -0.15) is 4.72 Å². The quantitative estimate of drug-likeness (QED) is 0.669. The van der Waals surface area contributed by atoms with Crippen LogP contribution in [-0.2, 0) is 27.8 Å². The molecule has 1 aliphatic heterocycles. The van der Waals surface area contributed by atoms with Crippen molar-refractivity contribution in [3.8, 4) is 0 Å². The number of para-hydroxylation sites is 1. The van der Waals surface area contributed by atoms with Crippen molar-refractivity contribution in [2.75, 3.05) is 6.54 Å². The van der Waals surface area contributed by atoms with Gasteiger partial charge in [-0.3, -0.25) is 4.79 Å². The lowest BCUT2D eigenvalue weighted by molar-refractivity contribution is -0.135. The number of aromatic amines is 1. The van der Waals surface area contributed by atoms with E-state index in [1.165, 1.54) is 0 Å². The molecule has 8 heteroatoms. The van der Waals surface area contributed by atoms with Gasteiger partial charge in [0.2, 0.25) is 5.91 Å². The summed E-state index contributed by atoms with van der Waals surface area (Å²) in [7, 11) is -3.71. The lowest BCUT2D eigenvalue weighted by Gasteiger charge is -2.32. The maximum Gasteiger partial charge on any atom is 0.250 e. The van der Waals surface area contributed by atoms with E-state index in [0.717, 1.165) is 39.9 Å².